The number of ether oxygens (including phenoxy) is 1. The van der Waals surface area contributed by atoms with Crippen LogP contribution in [0, 0.1) is 31.4 Å². The first-order chi connectivity index (χ1) is 61.1. The van der Waals surface area contributed by atoms with Crippen molar-refractivity contribution in [3.05, 3.63) is 163 Å². The van der Waals surface area contributed by atoms with Crippen molar-refractivity contribution < 1.29 is 87.9 Å². The maximum Gasteiger partial charge on any atom is 1.00 e. The van der Waals surface area contributed by atoms with E-state index in [-0.39, 0.29) is 113 Å². The number of thiocyanates is 2. The third kappa shape index (κ3) is 48.4. The molecule has 710 valence electrons. The number of oxazole rings is 5. The van der Waals surface area contributed by atoms with Crippen LogP contribution in [0.1, 0.15) is 239 Å². The maximum atomic E-state index is 10.1. The second kappa shape index (κ2) is 61.6. The molecule has 12 aromatic rings. The van der Waals surface area contributed by atoms with E-state index in [4.69, 9.17) is 55.5 Å². The molecule has 0 radical (unpaired) electrons. The number of halogens is 4. The zero-order valence-electron chi connectivity index (χ0n) is 76.0. The quantitative estimate of drug-likeness (QED) is 0.00513. The number of thiazole rings is 6. The smallest absolute Gasteiger partial charge is 0.696 e. The molecule has 1 saturated heterocycles. The molecule has 1 atom stereocenters. The Bertz CT molecular complexity index is 5050. The average Bonchev–Trinajstić information content (AvgIpc) is 1.72. The second-order valence-corrected chi connectivity index (χ2v) is 49.1. The second-order valence-electron chi connectivity index (χ2n) is 33.2. The third-order valence-electron chi connectivity index (χ3n) is 17.3. The molecule has 0 unspecified atom stereocenters. The van der Waals surface area contributed by atoms with Gasteiger partial charge in [0.25, 0.3) is 12.2 Å². The van der Waals surface area contributed by atoms with E-state index in [1.807, 2.05) is 42.6 Å². The molecule has 31 nitrogen and oxygen atoms in total. The molecule has 0 bridgehead atoms. The molecule has 11 N–H and O–H groups in total. The number of carbonyl (C=O) groups is 1. The summed E-state index contributed by atoms with van der Waals surface area (Å²) in [6.45, 7) is 34.1. The Balaban J connectivity index is 0.000000315. The Hall–Kier alpha value is -4.72. The fourth-order valence-electron chi connectivity index (χ4n) is 10.5. The largest absolute Gasteiger partial charge is 1.00 e. The number of piperidine rings is 1. The summed E-state index contributed by atoms with van der Waals surface area (Å²) in [7, 11) is 0. The topological polar surface area (TPSA) is 478 Å². The minimum atomic E-state index is -0.586. The molecule has 3 aliphatic rings. The van der Waals surface area contributed by atoms with Gasteiger partial charge in [-0.1, -0.05) is 220 Å². The number of nitrogens with one attached hydrogen (secondary N) is 3. The van der Waals surface area contributed by atoms with E-state index in [1.165, 1.54) is 137 Å². The number of nitrogens with zero attached hydrogens (tertiary/aromatic N) is 15. The van der Waals surface area contributed by atoms with Gasteiger partial charge in [0.1, 0.15) is 40.4 Å². The van der Waals surface area contributed by atoms with Crippen LogP contribution in [0.2, 0.25) is 0 Å². The first kappa shape index (κ1) is 119. The standard InChI is InChI=1S/C17H25N3OS2.C16H24N4OS2.C11H13BrN2OS2.C11H15N3OS2.C8H12BrNO.C6H4N2O4.C6H13N.C4H3N3S2.C3H3BrN2S.CHNS.BrH.K/c1-17(2,3)13-9-18-14(21-13)11-22-15-10-19-16(23-15)20-12-7-5-4-6-8-12;1-16(2,3)12-8-18-13(21-12)10-22-14-9-19-15(23-14)20-11-5-4-6-17-7-11;2*1-11(2,3)7-4-13-8(15-7)6-16-9-5-14-10(12)17-9;1-8(2,3)6-5-10-7(4-9)11-6;9-4-12-6-2-1-5(3-7-6)8(10)11;7-6-4-2-1-3-5-6;5-2-8-3-1-7-4(6)9-3;4-2-1-6-3(5)7-2;2-1-3;;/h9-10,12H,4-8,11H2,1-3H3,(H,19,20);8-9,11,17H,4-7,10H2,1-3H3,(H,19,20);4-5H,6H2,1-3H3;4-5H,6H2,1-3H3,(H2,12,14);5H,4H2,1-3H3;1-4H;6H,1-5,7H2;1H,(H2,6,7);1H,(H2,5,6);3H;1H;/q;;;;;;;;;;;+1/p-1/t;11-;;;;;;;;;;/m.1........../s1. The molecule has 2 saturated carbocycles. The first-order valence-electron chi connectivity index (χ1n) is 40.5. The van der Waals surface area contributed by atoms with Crippen LogP contribution in [0.5, 0.6) is 5.88 Å². The summed E-state index contributed by atoms with van der Waals surface area (Å²) in [6, 6.07) is 4.08. The zero-order valence-corrected chi connectivity index (χ0v) is 95.4. The van der Waals surface area contributed by atoms with Crippen LogP contribution in [0.25, 0.3) is 0 Å². The van der Waals surface area contributed by atoms with Crippen LogP contribution in [-0.2, 0) is 72.8 Å². The number of aromatic nitrogens is 12. The minimum absolute atomic E-state index is 0. The van der Waals surface area contributed by atoms with Crippen molar-refractivity contribution in [1.29, 1.82) is 10.5 Å². The van der Waals surface area contributed by atoms with Crippen molar-refractivity contribution in [3.8, 4) is 16.7 Å². The van der Waals surface area contributed by atoms with Gasteiger partial charge in [0, 0.05) is 75.6 Å². The minimum Gasteiger partial charge on any atom is -0.696 e. The van der Waals surface area contributed by atoms with Crippen LogP contribution >= 0.6 is 192 Å². The summed E-state index contributed by atoms with van der Waals surface area (Å²) >= 11 is 30.7. The number of nitro groups is 1. The van der Waals surface area contributed by atoms with Crippen molar-refractivity contribution in [2.75, 3.05) is 40.9 Å². The molecule has 131 heavy (non-hydrogen) atoms. The van der Waals surface area contributed by atoms with E-state index in [0.717, 1.165) is 137 Å². The van der Waals surface area contributed by atoms with Crippen molar-refractivity contribution in [2.45, 2.75) is 275 Å². The van der Waals surface area contributed by atoms with Gasteiger partial charge in [0.05, 0.1) is 126 Å². The molecule has 15 rings (SSSR count). The molecular formula is C83H113Br4KN22O9S12. The monoisotopic (exact) mass is 2300 g/mol. The number of hydrogen-bond donors (Lipinski definition) is 7. The number of alkyl halides is 1. The van der Waals surface area contributed by atoms with Gasteiger partial charge < -0.3 is 78.3 Å². The SMILES string of the molecule is Br.CC(C)(C)c1cnc(CBr)o1.CC(C)(C)c1cnc(CSc2cnc(Br)s2)o1.CC(C)(C)c1cnc(CSc2cnc(N)s2)o1.CC(C)(C)c1cnc(CSc2cnc(NC3CCCCC3)s2)o1.CC(C)(C)c1cnc(CSc2cnc(N[C@@H]3CCCNC3)s2)o1.N#CSc1cnc(N)s1.N#C[S-].NC1CCCCC1.Nc1ncc(Br)s1.O=COc1ccc([N+](=O)[O-])cn1.[K+]. The van der Waals surface area contributed by atoms with Gasteiger partial charge in [-0.25, -0.2) is 65.1 Å². The van der Waals surface area contributed by atoms with Gasteiger partial charge >= 0.3 is 51.4 Å². The van der Waals surface area contributed by atoms with E-state index in [1.54, 1.807) is 112 Å². The van der Waals surface area contributed by atoms with Gasteiger partial charge in [-0.2, -0.15) is 5.26 Å². The van der Waals surface area contributed by atoms with E-state index in [2.05, 4.69) is 245 Å². The number of carbonyl (C=O) groups excluding carboxylic acids is 1. The predicted octanol–water partition coefficient (Wildman–Crippen LogP) is 22.2. The van der Waals surface area contributed by atoms with Crippen molar-refractivity contribution >= 4 is 242 Å². The van der Waals surface area contributed by atoms with Gasteiger partial charge in [-0.15, -0.1) is 75.4 Å². The molecule has 2 aliphatic carbocycles. The Labute approximate surface area is 895 Å². The number of hydrogen-bond acceptors (Lipinski definition) is 42. The Kier molecular flexibility index (Phi) is 55.7. The number of thioether (sulfide) groups is 5. The zero-order chi connectivity index (χ0) is 94.7. The van der Waals surface area contributed by atoms with Gasteiger partial charge in [0.15, 0.2) is 29.6 Å². The molecule has 0 amide bonds. The van der Waals surface area contributed by atoms with Gasteiger partial charge in [-0.3, -0.25) is 14.9 Å². The first-order valence-corrected chi connectivity index (χ1v) is 53.3. The van der Waals surface area contributed by atoms with Gasteiger partial charge in [-0.05, 0) is 76.9 Å². The predicted molar refractivity (Wildman–Crippen MR) is 552 cm³/mol. The van der Waals surface area contributed by atoms with Crippen LogP contribution in [0.4, 0.5) is 31.3 Å². The Morgan fingerprint density at radius 2 is 0.878 bits per heavy atom. The third-order valence-corrected chi connectivity index (χ3v) is 29.5. The summed E-state index contributed by atoms with van der Waals surface area (Å²) in [5.41, 5.74) is 21.7. The number of nitrogen functional groups attached to an aromatic ring is 3. The summed E-state index contributed by atoms with van der Waals surface area (Å²) in [5.74, 6) is 11.5. The fourth-order valence-corrected chi connectivity index (χ4v) is 20.6. The maximum absolute atomic E-state index is 10.1. The number of anilines is 5. The van der Waals surface area contributed by atoms with Crippen molar-refractivity contribution in [3.63, 3.8) is 0 Å². The normalized spacial score (nSPS) is 13.7. The molecule has 1 aliphatic heterocycles. The summed E-state index contributed by atoms with van der Waals surface area (Å²) in [6.07, 6.45) is 36.6. The van der Waals surface area contributed by atoms with Crippen molar-refractivity contribution in [1.82, 2.24) is 65.1 Å². The van der Waals surface area contributed by atoms with E-state index in [9.17, 15) is 14.9 Å². The molecular weight excluding hydrogens is 2190 g/mol. The number of rotatable bonds is 21. The van der Waals surface area contributed by atoms with E-state index >= 15 is 0 Å². The van der Waals surface area contributed by atoms with Crippen LogP contribution in [-0.4, -0.2) is 102 Å². The van der Waals surface area contributed by atoms with E-state index < -0.39 is 4.92 Å². The fraction of sp³-hybridized carbons (Fsp3) is 0.506. The summed E-state index contributed by atoms with van der Waals surface area (Å²) < 4.78 is 40.2. The molecule has 0 spiro atoms. The van der Waals surface area contributed by atoms with Gasteiger partial charge in [0.2, 0.25) is 35.3 Å². The number of pyridine rings is 1. The number of nitriles is 2. The molecule has 3 fully saturated rings. The van der Waals surface area contributed by atoms with Crippen LogP contribution < -0.4 is 95.0 Å². The number of nitrogens with two attached hydrogens (primary N) is 4. The van der Waals surface area contributed by atoms with E-state index in [0.29, 0.717) is 44.6 Å². The average molecular weight is 2310 g/mol. The molecule has 0 aromatic carbocycles. The summed E-state index contributed by atoms with van der Waals surface area (Å²) in [4.78, 5) is 68.9. The summed E-state index contributed by atoms with van der Waals surface area (Å²) in [5, 5.41) is 43.6. The molecule has 12 aromatic heterocycles. The van der Waals surface area contributed by atoms with Crippen LogP contribution in [0.15, 0.2) is 137 Å². The molecule has 48 heteroatoms. The molecule has 13 heterocycles. The van der Waals surface area contributed by atoms with Crippen LogP contribution in [0.3, 0.4) is 0 Å². The Morgan fingerprint density at radius 3 is 1.18 bits per heavy atom. The Morgan fingerprint density at radius 1 is 0.511 bits per heavy atom. The van der Waals surface area contributed by atoms with Crippen molar-refractivity contribution in [2.24, 2.45) is 5.73 Å².